The van der Waals surface area contributed by atoms with Crippen LogP contribution in [-0.4, -0.2) is 31.7 Å². The van der Waals surface area contributed by atoms with E-state index in [0.29, 0.717) is 11.6 Å². The number of primary amides is 1. The fourth-order valence-corrected chi connectivity index (χ4v) is 5.79. The van der Waals surface area contributed by atoms with Crippen LogP contribution in [0.5, 0.6) is 0 Å². The number of aliphatic hydroxyl groups is 1. The van der Waals surface area contributed by atoms with Crippen LogP contribution in [0.3, 0.4) is 0 Å². The molecular formula is C31H27F6N5O3. The Bertz CT molecular complexity index is 1770. The molecule has 0 spiro atoms. The average Bonchev–Trinajstić information content (AvgIpc) is 3.32. The molecule has 8 nitrogen and oxygen atoms in total. The molecule has 0 saturated heterocycles. The zero-order valence-electron chi connectivity index (χ0n) is 23.8. The van der Waals surface area contributed by atoms with Crippen molar-refractivity contribution < 1.29 is 41.0 Å². The number of nitrogens with one attached hydrogen (secondary N) is 1. The lowest BCUT2D eigenvalue weighted by atomic mass is 9.84. The Morgan fingerprint density at radius 1 is 1.11 bits per heavy atom. The lowest BCUT2D eigenvalue weighted by molar-refractivity contribution is -0.142. The predicted molar refractivity (Wildman–Crippen MR) is 149 cm³/mol. The molecule has 5 rings (SSSR count). The molecule has 0 bridgehead atoms. The Morgan fingerprint density at radius 3 is 2.49 bits per heavy atom. The van der Waals surface area contributed by atoms with Crippen molar-refractivity contribution in [2.45, 2.75) is 57.0 Å². The number of benzene rings is 2. The van der Waals surface area contributed by atoms with E-state index in [1.54, 1.807) is 6.07 Å². The number of rotatable bonds is 8. The normalized spacial score (nSPS) is 17.1. The molecule has 45 heavy (non-hydrogen) atoms. The third kappa shape index (κ3) is 6.70. The summed E-state index contributed by atoms with van der Waals surface area (Å²) in [6.45, 7) is 0.624. The van der Waals surface area contributed by atoms with Gasteiger partial charge in [0.1, 0.15) is 29.6 Å². The van der Waals surface area contributed by atoms with Gasteiger partial charge in [-0.3, -0.25) is 19.3 Å². The molecule has 4 N–H and O–H groups in total. The first kappa shape index (κ1) is 31.7. The molecule has 2 aromatic carbocycles. The summed E-state index contributed by atoms with van der Waals surface area (Å²) in [6.07, 6.45) is -3.23. The van der Waals surface area contributed by atoms with E-state index in [-0.39, 0.29) is 53.8 Å². The number of hydrogen-bond acceptors (Lipinski definition) is 5. The molecule has 1 aliphatic carbocycles. The van der Waals surface area contributed by atoms with Gasteiger partial charge in [0.05, 0.1) is 23.0 Å². The molecule has 4 aromatic rings. The summed E-state index contributed by atoms with van der Waals surface area (Å²) < 4.78 is 84.8. The zero-order chi connectivity index (χ0) is 32.7. The summed E-state index contributed by atoms with van der Waals surface area (Å²) in [7, 11) is 0. The van der Waals surface area contributed by atoms with Gasteiger partial charge < -0.3 is 16.2 Å². The smallest absolute Gasteiger partial charge is 0.384 e. The second kappa shape index (κ2) is 12.0. The number of alkyl halides is 3. The number of carbonyl (C=O) groups is 2. The maximum Gasteiger partial charge on any atom is 0.435 e. The number of nitrogens with zero attached hydrogens (tertiary/aromatic N) is 3. The molecule has 2 atom stereocenters. The van der Waals surface area contributed by atoms with Crippen molar-refractivity contribution in [3.05, 3.63) is 106 Å². The van der Waals surface area contributed by atoms with Crippen molar-refractivity contribution in [2.24, 2.45) is 5.73 Å². The SMILES string of the molecule is CC1(O)CCCc2c(C(F)(F)F)nn(CC(=O)N[C@@H](Cc3cc(F)cc(F)c3)c3ncccc3-c3ccc(F)c(C(N)=O)c3)c21. The van der Waals surface area contributed by atoms with Gasteiger partial charge in [-0.15, -0.1) is 0 Å². The first-order valence-electron chi connectivity index (χ1n) is 13.8. The minimum Gasteiger partial charge on any atom is -0.384 e. The number of pyridine rings is 1. The highest BCUT2D eigenvalue weighted by molar-refractivity contribution is 5.94. The summed E-state index contributed by atoms with van der Waals surface area (Å²) in [5.74, 6) is -4.51. The van der Waals surface area contributed by atoms with Crippen LogP contribution in [0.2, 0.25) is 0 Å². The monoisotopic (exact) mass is 631 g/mol. The molecule has 0 fully saturated rings. The van der Waals surface area contributed by atoms with Crippen molar-refractivity contribution in [3.63, 3.8) is 0 Å². The molecule has 2 heterocycles. The van der Waals surface area contributed by atoms with Gasteiger partial charge in [-0.05, 0) is 74.1 Å². The minimum absolute atomic E-state index is 0.0119. The van der Waals surface area contributed by atoms with Gasteiger partial charge in [-0.2, -0.15) is 18.3 Å². The second-order valence-electron chi connectivity index (χ2n) is 11.1. The van der Waals surface area contributed by atoms with Gasteiger partial charge in [-0.25, -0.2) is 13.2 Å². The van der Waals surface area contributed by atoms with E-state index in [4.69, 9.17) is 5.73 Å². The van der Waals surface area contributed by atoms with Gasteiger partial charge in [0.15, 0.2) is 5.69 Å². The van der Waals surface area contributed by atoms with E-state index < -0.39 is 64.9 Å². The van der Waals surface area contributed by atoms with Gasteiger partial charge in [0.25, 0.3) is 5.91 Å². The summed E-state index contributed by atoms with van der Waals surface area (Å²) in [5, 5.41) is 17.3. The van der Waals surface area contributed by atoms with Gasteiger partial charge in [0, 0.05) is 23.4 Å². The quantitative estimate of drug-likeness (QED) is 0.233. The maximum absolute atomic E-state index is 14.2. The highest BCUT2D eigenvalue weighted by Gasteiger charge is 2.44. The van der Waals surface area contributed by atoms with Crippen LogP contribution < -0.4 is 11.1 Å². The fourth-order valence-electron chi connectivity index (χ4n) is 5.79. The van der Waals surface area contributed by atoms with E-state index in [1.165, 1.54) is 31.3 Å². The summed E-state index contributed by atoms with van der Waals surface area (Å²) in [5.41, 5.74) is 2.56. The van der Waals surface area contributed by atoms with E-state index in [1.807, 2.05) is 0 Å². The molecule has 0 saturated carbocycles. The number of halogens is 6. The van der Waals surface area contributed by atoms with Crippen LogP contribution in [0.4, 0.5) is 26.3 Å². The lowest BCUT2D eigenvalue weighted by Crippen LogP contribution is -2.36. The third-order valence-corrected chi connectivity index (χ3v) is 7.62. The summed E-state index contributed by atoms with van der Waals surface area (Å²) in [4.78, 5) is 29.7. The highest BCUT2D eigenvalue weighted by atomic mass is 19.4. The molecule has 0 radical (unpaired) electrons. The molecule has 2 aromatic heterocycles. The van der Waals surface area contributed by atoms with Crippen LogP contribution >= 0.6 is 0 Å². The number of hydrogen-bond donors (Lipinski definition) is 3. The van der Waals surface area contributed by atoms with Crippen molar-refractivity contribution >= 4 is 11.8 Å². The fraction of sp³-hybridized carbons (Fsp3) is 0.290. The summed E-state index contributed by atoms with van der Waals surface area (Å²) >= 11 is 0. The Labute approximate surface area is 252 Å². The molecule has 1 unspecified atom stereocenters. The molecule has 236 valence electrons. The molecule has 14 heteroatoms. The van der Waals surface area contributed by atoms with E-state index >= 15 is 0 Å². The largest absolute Gasteiger partial charge is 0.435 e. The average molecular weight is 632 g/mol. The van der Waals surface area contributed by atoms with E-state index in [0.717, 1.165) is 22.9 Å². The van der Waals surface area contributed by atoms with Crippen molar-refractivity contribution in [1.82, 2.24) is 20.1 Å². The zero-order valence-corrected chi connectivity index (χ0v) is 23.8. The minimum atomic E-state index is -4.83. The van der Waals surface area contributed by atoms with Crippen LogP contribution in [0.1, 0.15) is 64.4 Å². The lowest BCUT2D eigenvalue weighted by Gasteiger charge is -2.30. The Balaban J connectivity index is 1.55. The predicted octanol–water partition coefficient (Wildman–Crippen LogP) is 5.12. The van der Waals surface area contributed by atoms with E-state index in [9.17, 15) is 41.0 Å². The van der Waals surface area contributed by atoms with Crippen LogP contribution in [-0.2, 0) is 36.0 Å². The van der Waals surface area contributed by atoms with Crippen LogP contribution in [0.25, 0.3) is 11.1 Å². The topological polar surface area (TPSA) is 123 Å². The second-order valence-corrected chi connectivity index (χ2v) is 11.1. The Morgan fingerprint density at radius 2 is 1.82 bits per heavy atom. The van der Waals surface area contributed by atoms with Crippen LogP contribution in [0.15, 0.2) is 54.7 Å². The standard InChI is InChI=1S/C31H27F6N5O3/c1-30(45)8-2-4-21-27(31(35,36)37)41-42(28(21)30)15-25(43)40-24(12-16-10-18(32)14-19(33)11-16)26-20(5-3-9-39-26)17-6-7-23(34)22(13-17)29(38)44/h3,5-7,9-11,13-14,24,45H,2,4,8,12,15H2,1H3,(H2,38,44)(H,40,43)/t24-,30?/m0/s1. The number of fused-ring (bicyclic) bond motifs is 1. The van der Waals surface area contributed by atoms with Gasteiger partial charge in [0.2, 0.25) is 5.91 Å². The van der Waals surface area contributed by atoms with Crippen LogP contribution in [0, 0.1) is 17.5 Å². The number of nitrogens with two attached hydrogens (primary N) is 1. The third-order valence-electron chi connectivity index (χ3n) is 7.62. The van der Waals surface area contributed by atoms with E-state index in [2.05, 4.69) is 15.4 Å². The van der Waals surface area contributed by atoms with Gasteiger partial charge in [-0.1, -0.05) is 12.1 Å². The van der Waals surface area contributed by atoms with Crippen molar-refractivity contribution in [1.29, 1.82) is 0 Å². The molecule has 0 aliphatic heterocycles. The summed E-state index contributed by atoms with van der Waals surface area (Å²) in [6, 6.07) is 8.27. The van der Waals surface area contributed by atoms with Crippen molar-refractivity contribution in [3.8, 4) is 11.1 Å². The molecular weight excluding hydrogens is 604 g/mol. The van der Waals surface area contributed by atoms with Crippen molar-refractivity contribution in [2.75, 3.05) is 0 Å². The molecule has 2 amide bonds. The first-order valence-corrected chi connectivity index (χ1v) is 13.8. The Hall–Kier alpha value is -4.72. The maximum atomic E-state index is 14.2. The molecule has 1 aliphatic rings. The highest BCUT2D eigenvalue weighted by Crippen LogP contribution is 2.41. The first-order chi connectivity index (χ1) is 21.1. The number of carbonyl (C=O) groups excluding carboxylic acids is 2. The number of amides is 2. The Kier molecular flexibility index (Phi) is 8.45. The van der Waals surface area contributed by atoms with Gasteiger partial charge >= 0.3 is 6.18 Å². The number of aromatic nitrogens is 3.